The molecule has 0 aromatic carbocycles. The zero-order valence-electron chi connectivity index (χ0n) is 32.9. The highest BCUT2D eigenvalue weighted by molar-refractivity contribution is 5.71. The van der Waals surface area contributed by atoms with Crippen LogP contribution in [0.1, 0.15) is 207 Å². The van der Waals surface area contributed by atoms with Crippen LogP contribution in [-0.4, -0.2) is 37.2 Å². The summed E-state index contributed by atoms with van der Waals surface area (Å²) in [4.78, 5) is 37.5. The second-order valence-corrected chi connectivity index (χ2v) is 13.9. The lowest BCUT2D eigenvalue weighted by atomic mass is 10.1. The van der Waals surface area contributed by atoms with Crippen molar-refractivity contribution in [1.82, 2.24) is 0 Å². The molecule has 0 saturated heterocycles. The summed E-state index contributed by atoms with van der Waals surface area (Å²) in [5.41, 5.74) is 0. The van der Waals surface area contributed by atoms with E-state index in [0.29, 0.717) is 19.3 Å². The van der Waals surface area contributed by atoms with Crippen molar-refractivity contribution in [2.75, 3.05) is 13.2 Å². The molecule has 0 amide bonds. The molecule has 0 N–H and O–H groups in total. The second kappa shape index (κ2) is 39.4. The largest absolute Gasteiger partial charge is 0.462 e. The number of unbranched alkanes of at least 4 members (excludes halogenated alkanes) is 20. The third kappa shape index (κ3) is 36.9. The zero-order chi connectivity index (χ0) is 36.6. The minimum absolute atomic E-state index is 0.0816. The number of hydrogen-bond donors (Lipinski definition) is 0. The molecule has 6 nitrogen and oxygen atoms in total. The first-order valence-electron chi connectivity index (χ1n) is 21.0. The molecule has 0 spiro atoms. The van der Waals surface area contributed by atoms with Crippen molar-refractivity contribution in [3.05, 3.63) is 36.5 Å². The van der Waals surface area contributed by atoms with Crippen molar-refractivity contribution < 1.29 is 28.6 Å². The minimum Gasteiger partial charge on any atom is -0.462 e. The van der Waals surface area contributed by atoms with Crippen molar-refractivity contribution in [1.29, 1.82) is 0 Å². The lowest BCUT2D eigenvalue weighted by Gasteiger charge is -2.18. The van der Waals surface area contributed by atoms with Crippen LogP contribution in [0.15, 0.2) is 36.5 Å². The number of rotatable bonds is 37. The molecule has 0 radical (unpaired) electrons. The van der Waals surface area contributed by atoms with Crippen LogP contribution >= 0.6 is 0 Å². The van der Waals surface area contributed by atoms with E-state index in [1.165, 1.54) is 89.9 Å². The third-order valence-electron chi connectivity index (χ3n) is 8.91. The number of esters is 3. The predicted octanol–water partition coefficient (Wildman–Crippen LogP) is 13.0. The Hall–Kier alpha value is -2.37. The highest BCUT2D eigenvalue weighted by Crippen LogP contribution is 2.14. The number of carbonyl (C=O) groups is 3. The fourth-order valence-electron chi connectivity index (χ4n) is 5.75. The fraction of sp³-hybridized carbons (Fsp3) is 0.795. The van der Waals surface area contributed by atoms with Gasteiger partial charge in [-0.3, -0.25) is 14.4 Å². The number of ether oxygens (including phenoxy) is 3. The van der Waals surface area contributed by atoms with Crippen molar-refractivity contribution in [2.45, 2.75) is 213 Å². The maximum absolute atomic E-state index is 12.6. The molecule has 0 aliphatic rings. The molecule has 0 aliphatic carbocycles. The average Bonchev–Trinajstić information content (AvgIpc) is 3.11. The molecule has 1 unspecified atom stereocenters. The maximum atomic E-state index is 12.6. The Kier molecular flexibility index (Phi) is 37.5. The number of carbonyl (C=O) groups excluding carboxylic acids is 3. The van der Waals surface area contributed by atoms with Crippen LogP contribution in [0.25, 0.3) is 0 Å². The molecular formula is C44H78O6. The van der Waals surface area contributed by atoms with E-state index in [1.807, 2.05) is 0 Å². The molecule has 0 aromatic rings. The summed E-state index contributed by atoms with van der Waals surface area (Å²) in [6.45, 7) is 6.44. The van der Waals surface area contributed by atoms with Gasteiger partial charge in [-0.15, -0.1) is 0 Å². The van der Waals surface area contributed by atoms with Crippen LogP contribution in [0.3, 0.4) is 0 Å². The molecule has 290 valence electrons. The summed E-state index contributed by atoms with van der Waals surface area (Å²) in [7, 11) is 0. The van der Waals surface area contributed by atoms with Gasteiger partial charge in [0.1, 0.15) is 13.2 Å². The van der Waals surface area contributed by atoms with Crippen LogP contribution in [0.5, 0.6) is 0 Å². The molecule has 0 rings (SSSR count). The number of hydrogen-bond acceptors (Lipinski definition) is 6. The third-order valence-corrected chi connectivity index (χ3v) is 8.91. The van der Waals surface area contributed by atoms with E-state index in [4.69, 9.17) is 14.2 Å². The highest BCUT2D eigenvalue weighted by Gasteiger charge is 2.19. The van der Waals surface area contributed by atoms with Gasteiger partial charge in [0.05, 0.1) is 0 Å². The molecule has 0 bridgehead atoms. The van der Waals surface area contributed by atoms with Gasteiger partial charge in [-0.25, -0.2) is 0 Å². The van der Waals surface area contributed by atoms with Gasteiger partial charge < -0.3 is 14.2 Å². The number of allylic oxidation sites excluding steroid dienone is 6. The van der Waals surface area contributed by atoms with Crippen LogP contribution in [0.4, 0.5) is 0 Å². The van der Waals surface area contributed by atoms with E-state index >= 15 is 0 Å². The smallest absolute Gasteiger partial charge is 0.306 e. The lowest BCUT2D eigenvalue weighted by Crippen LogP contribution is -2.30. The summed E-state index contributed by atoms with van der Waals surface area (Å²) < 4.78 is 16.6. The first-order valence-corrected chi connectivity index (χ1v) is 21.0. The van der Waals surface area contributed by atoms with E-state index < -0.39 is 6.10 Å². The van der Waals surface area contributed by atoms with E-state index in [9.17, 15) is 14.4 Å². The Morgan fingerprint density at radius 1 is 0.420 bits per heavy atom. The van der Waals surface area contributed by atoms with Gasteiger partial charge in [0.2, 0.25) is 0 Å². The maximum Gasteiger partial charge on any atom is 0.306 e. The van der Waals surface area contributed by atoms with Crippen LogP contribution in [-0.2, 0) is 28.6 Å². The Balaban J connectivity index is 4.42. The molecule has 0 heterocycles. The van der Waals surface area contributed by atoms with Gasteiger partial charge in [0, 0.05) is 19.3 Å². The van der Waals surface area contributed by atoms with E-state index in [-0.39, 0.29) is 31.1 Å². The highest BCUT2D eigenvalue weighted by atomic mass is 16.6. The molecule has 6 heteroatoms. The Bertz CT molecular complexity index is 861. The molecule has 0 aromatic heterocycles. The summed E-state index contributed by atoms with van der Waals surface area (Å²) in [5.74, 6) is -0.927. The average molecular weight is 703 g/mol. The van der Waals surface area contributed by atoms with Crippen LogP contribution in [0, 0.1) is 0 Å². The van der Waals surface area contributed by atoms with Crippen molar-refractivity contribution >= 4 is 17.9 Å². The van der Waals surface area contributed by atoms with Crippen molar-refractivity contribution in [2.24, 2.45) is 0 Å². The van der Waals surface area contributed by atoms with Gasteiger partial charge in [0.15, 0.2) is 6.10 Å². The Morgan fingerprint density at radius 2 is 0.780 bits per heavy atom. The second-order valence-electron chi connectivity index (χ2n) is 13.9. The zero-order valence-corrected chi connectivity index (χ0v) is 32.9. The summed E-state index contributed by atoms with van der Waals surface area (Å²) in [5, 5.41) is 0. The SMILES string of the molecule is CC/C=C\C/C=C\C/C=C\CCCCC(=O)OCC(COC(=O)CCCCCCCCCCCC)OC(=O)CCCCCCCCCCCC. The lowest BCUT2D eigenvalue weighted by molar-refractivity contribution is -0.167. The van der Waals surface area contributed by atoms with Gasteiger partial charge in [-0.05, 0) is 51.4 Å². The molecule has 1 atom stereocenters. The molecule has 0 fully saturated rings. The molecule has 0 saturated carbocycles. The van der Waals surface area contributed by atoms with Gasteiger partial charge in [0.25, 0.3) is 0 Å². The first-order chi connectivity index (χ1) is 24.5. The minimum atomic E-state index is -0.778. The standard InChI is InChI=1S/C44H78O6/c1-4-7-10-13-16-19-22-23-26-28-31-34-37-43(46)49-40-41(50-44(47)38-35-32-29-25-21-18-15-12-9-6-3)39-48-42(45)36-33-30-27-24-20-17-14-11-8-5-2/h7,10,16,19,23,26,41H,4-6,8-9,11-15,17-18,20-22,24-25,27-40H2,1-3H3/b10-7-,19-16-,26-23-. The Labute approximate surface area is 308 Å². The van der Waals surface area contributed by atoms with Crippen LogP contribution in [0.2, 0.25) is 0 Å². The van der Waals surface area contributed by atoms with Crippen LogP contribution < -0.4 is 0 Å². The van der Waals surface area contributed by atoms with E-state index in [1.54, 1.807) is 0 Å². The van der Waals surface area contributed by atoms with E-state index in [2.05, 4.69) is 57.2 Å². The molecule has 50 heavy (non-hydrogen) atoms. The predicted molar refractivity (Wildman–Crippen MR) is 210 cm³/mol. The van der Waals surface area contributed by atoms with Gasteiger partial charge in [-0.1, -0.05) is 173 Å². The molecular weight excluding hydrogens is 624 g/mol. The van der Waals surface area contributed by atoms with Crippen molar-refractivity contribution in [3.8, 4) is 0 Å². The molecule has 0 aliphatic heterocycles. The van der Waals surface area contributed by atoms with Gasteiger partial charge in [-0.2, -0.15) is 0 Å². The summed E-state index contributed by atoms with van der Waals surface area (Å²) >= 11 is 0. The normalized spacial score (nSPS) is 12.3. The fourth-order valence-corrected chi connectivity index (χ4v) is 5.75. The van der Waals surface area contributed by atoms with Crippen molar-refractivity contribution in [3.63, 3.8) is 0 Å². The topological polar surface area (TPSA) is 78.9 Å². The first kappa shape index (κ1) is 47.6. The monoisotopic (exact) mass is 703 g/mol. The summed E-state index contributed by atoms with van der Waals surface area (Å²) in [6.07, 6.45) is 42.7. The quantitative estimate of drug-likeness (QED) is 0.0277. The van der Waals surface area contributed by atoms with Gasteiger partial charge >= 0.3 is 17.9 Å². The van der Waals surface area contributed by atoms with E-state index in [0.717, 1.165) is 77.0 Å². The Morgan fingerprint density at radius 3 is 1.22 bits per heavy atom. The summed E-state index contributed by atoms with van der Waals surface area (Å²) in [6, 6.07) is 0.